The first kappa shape index (κ1) is 19.3. The highest BCUT2D eigenvalue weighted by Gasteiger charge is 2.27. The molecule has 2 heterocycles. The molecule has 0 radical (unpaired) electrons. The van der Waals surface area contributed by atoms with E-state index in [4.69, 9.17) is 0 Å². The van der Waals surface area contributed by atoms with Gasteiger partial charge in [0, 0.05) is 37.9 Å². The van der Waals surface area contributed by atoms with Crippen LogP contribution in [0.1, 0.15) is 42.7 Å². The standard InChI is InChI=1S/C21H29N5OS/c1-16-6-5-7-17(14-16)22-21-24-23-19(28-21)15-20(27)26-12-10-25(11-13-26)18-8-3-2-4-9-18/h5-7,14,18H,2-4,8-13,15H2,1H3,(H,22,24). The fraction of sp³-hybridized carbons (Fsp3) is 0.571. The second-order valence-corrected chi connectivity index (χ2v) is 8.94. The fourth-order valence-electron chi connectivity index (χ4n) is 4.25. The molecule has 0 spiro atoms. The van der Waals surface area contributed by atoms with Gasteiger partial charge in [0.25, 0.3) is 0 Å². The summed E-state index contributed by atoms with van der Waals surface area (Å²) in [5.74, 6) is 0.168. The summed E-state index contributed by atoms with van der Waals surface area (Å²) in [6.45, 7) is 5.74. The van der Waals surface area contributed by atoms with Gasteiger partial charge in [-0.1, -0.05) is 42.7 Å². The van der Waals surface area contributed by atoms with E-state index >= 15 is 0 Å². The molecule has 6 nitrogen and oxygen atoms in total. The monoisotopic (exact) mass is 399 g/mol. The summed E-state index contributed by atoms with van der Waals surface area (Å²) in [4.78, 5) is 17.3. The zero-order valence-electron chi connectivity index (χ0n) is 16.6. The number of carbonyl (C=O) groups is 1. The Morgan fingerprint density at radius 1 is 1.14 bits per heavy atom. The Morgan fingerprint density at radius 2 is 1.93 bits per heavy atom. The van der Waals surface area contributed by atoms with Gasteiger partial charge < -0.3 is 10.2 Å². The minimum Gasteiger partial charge on any atom is -0.340 e. The smallest absolute Gasteiger partial charge is 0.229 e. The number of aryl methyl sites for hydroxylation is 1. The Bertz CT molecular complexity index is 794. The number of rotatable bonds is 5. The lowest BCUT2D eigenvalue weighted by Crippen LogP contribution is -2.52. The summed E-state index contributed by atoms with van der Waals surface area (Å²) in [5.41, 5.74) is 2.19. The van der Waals surface area contributed by atoms with Crippen LogP contribution in [-0.4, -0.2) is 58.1 Å². The molecule has 1 aliphatic carbocycles. The van der Waals surface area contributed by atoms with Crippen LogP contribution >= 0.6 is 11.3 Å². The van der Waals surface area contributed by atoms with E-state index in [2.05, 4.69) is 39.5 Å². The number of amides is 1. The minimum atomic E-state index is 0.168. The molecule has 1 amide bonds. The third kappa shape index (κ3) is 4.89. The van der Waals surface area contributed by atoms with Gasteiger partial charge in [-0.15, -0.1) is 10.2 Å². The molecule has 0 unspecified atom stereocenters. The summed E-state index contributed by atoms with van der Waals surface area (Å²) < 4.78 is 0. The van der Waals surface area contributed by atoms with E-state index < -0.39 is 0 Å². The van der Waals surface area contributed by atoms with Gasteiger partial charge in [-0.3, -0.25) is 9.69 Å². The molecule has 7 heteroatoms. The third-order valence-electron chi connectivity index (χ3n) is 5.80. The second-order valence-electron chi connectivity index (χ2n) is 7.88. The van der Waals surface area contributed by atoms with Gasteiger partial charge in [0.2, 0.25) is 11.0 Å². The fourth-order valence-corrected chi connectivity index (χ4v) is 5.00. The number of hydrogen-bond donors (Lipinski definition) is 1. The number of aromatic nitrogens is 2. The van der Waals surface area contributed by atoms with Crippen LogP contribution in [0.4, 0.5) is 10.8 Å². The number of nitrogens with one attached hydrogen (secondary N) is 1. The Hall–Kier alpha value is -1.99. The van der Waals surface area contributed by atoms with Gasteiger partial charge in [-0.05, 0) is 37.5 Å². The molecule has 1 saturated carbocycles. The van der Waals surface area contributed by atoms with Crippen LogP contribution in [0.3, 0.4) is 0 Å². The molecule has 28 heavy (non-hydrogen) atoms. The van der Waals surface area contributed by atoms with Crippen LogP contribution in [0.15, 0.2) is 24.3 Å². The van der Waals surface area contributed by atoms with E-state index in [1.165, 1.54) is 49.0 Å². The highest BCUT2D eigenvalue weighted by atomic mass is 32.1. The summed E-state index contributed by atoms with van der Waals surface area (Å²) in [5, 5.41) is 13.2. The van der Waals surface area contributed by atoms with Crippen molar-refractivity contribution >= 4 is 28.1 Å². The second kappa shape index (κ2) is 9.01. The van der Waals surface area contributed by atoms with Crippen molar-refractivity contribution in [1.82, 2.24) is 20.0 Å². The van der Waals surface area contributed by atoms with E-state index in [1.807, 2.05) is 17.0 Å². The van der Waals surface area contributed by atoms with Gasteiger partial charge in [0.05, 0.1) is 6.42 Å². The first-order valence-electron chi connectivity index (χ1n) is 10.4. The summed E-state index contributed by atoms with van der Waals surface area (Å²) in [7, 11) is 0. The van der Waals surface area contributed by atoms with Crippen molar-refractivity contribution in [2.24, 2.45) is 0 Å². The van der Waals surface area contributed by atoms with Crippen LogP contribution in [0, 0.1) is 6.92 Å². The first-order valence-corrected chi connectivity index (χ1v) is 11.2. The zero-order chi connectivity index (χ0) is 19.3. The molecule has 0 atom stereocenters. The van der Waals surface area contributed by atoms with Crippen molar-refractivity contribution < 1.29 is 4.79 Å². The lowest BCUT2D eigenvalue weighted by molar-refractivity contribution is -0.132. The van der Waals surface area contributed by atoms with Crippen molar-refractivity contribution in [3.8, 4) is 0 Å². The Kier molecular flexibility index (Phi) is 6.22. The normalized spacial score (nSPS) is 19.0. The maximum atomic E-state index is 12.7. The number of hydrogen-bond acceptors (Lipinski definition) is 6. The topological polar surface area (TPSA) is 61.4 Å². The van der Waals surface area contributed by atoms with E-state index in [1.54, 1.807) is 0 Å². The molecule has 4 rings (SSSR count). The van der Waals surface area contributed by atoms with Crippen molar-refractivity contribution in [2.75, 3.05) is 31.5 Å². The van der Waals surface area contributed by atoms with E-state index in [0.717, 1.165) is 48.0 Å². The molecule has 2 fully saturated rings. The zero-order valence-corrected chi connectivity index (χ0v) is 17.4. The van der Waals surface area contributed by atoms with E-state index in [0.29, 0.717) is 6.42 Å². The van der Waals surface area contributed by atoms with Crippen LogP contribution in [-0.2, 0) is 11.2 Å². The van der Waals surface area contributed by atoms with E-state index in [9.17, 15) is 4.79 Å². The average molecular weight is 400 g/mol. The van der Waals surface area contributed by atoms with Crippen LogP contribution in [0.25, 0.3) is 0 Å². The predicted octanol–water partition coefficient (Wildman–Crippen LogP) is 3.61. The van der Waals surface area contributed by atoms with Crippen LogP contribution < -0.4 is 5.32 Å². The van der Waals surface area contributed by atoms with Gasteiger partial charge >= 0.3 is 0 Å². The Balaban J connectivity index is 1.27. The lowest BCUT2D eigenvalue weighted by Gasteiger charge is -2.40. The predicted molar refractivity (Wildman–Crippen MR) is 113 cm³/mol. The van der Waals surface area contributed by atoms with E-state index in [-0.39, 0.29) is 5.91 Å². The number of benzene rings is 1. The number of carbonyl (C=O) groups excluding carboxylic acids is 1. The quantitative estimate of drug-likeness (QED) is 0.832. The SMILES string of the molecule is Cc1cccc(Nc2nnc(CC(=O)N3CCN(C4CCCCC4)CC3)s2)c1. The maximum absolute atomic E-state index is 12.7. The molecule has 1 aromatic carbocycles. The average Bonchev–Trinajstić information content (AvgIpc) is 3.15. The maximum Gasteiger partial charge on any atom is 0.229 e. The first-order chi connectivity index (χ1) is 13.7. The Labute approximate surface area is 171 Å². The molecule has 2 aromatic rings. The van der Waals surface area contributed by atoms with Crippen molar-refractivity contribution in [2.45, 2.75) is 51.5 Å². The summed E-state index contributed by atoms with van der Waals surface area (Å²) in [6, 6.07) is 8.88. The van der Waals surface area contributed by atoms with Crippen molar-refractivity contribution in [3.63, 3.8) is 0 Å². The van der Waals surface area contributed by atoms with Gasteiger partial charge in [-0.25, -0.2) is 0 Å². The van der Waals surface area contributed by atoms with Gasteiger partial charge in [0.15, 0.2) is 0 Å². The molecule has 1 N–H and O–H groups in total. The van der Waals surface area contributed by atoms with Gasteiger partial charge in [0.1, 0.15) is 5.01 Å². The molecular formula is C21H29N5OS. The Morgan fingerprint density at radius 3 is 2.68 bits per heavy atom. The molecule has 2 aliphatic rings. The molecule has 1 aliphatic heterocycles. The highest BCUT2D eigenvalue weighted by molar-refractivity contribution is 7.15. The molecular weight excluding hydrogens is 370 g/mol. The van der Waals surface area contributed by atoms with Crippen LogP contribution in [0.2, 0.25) is 0 Å². The van der Waals surface area contributed by atoms with Crippen molar-refractivity contribution in [1.29, 1.82) is 0 Å². The molecule has 1 saturated heterocycles. The molecule has 0 bridgehead atoms. The molecule has 150 valence electrons. The minimum absolute atomic E-state index is 0.168. The number of nitrogens with zero attached hydrogens (tertiary/aromatic N) is 4. The van der Waals surface area contributed by atoms with Crippen LogP contribution in [0.5, 0.6) is 0 Å². The highest BCUT2D eigenvalue weighted by Crippen LogP contribution is 2.24. The summed E-state index contributed by atoms with van der Waals surface area (Å²) in [6.07, 6.45) is 7.11. The number of piperazine rings is 1. The summed E-state index contributed by atoms with van der Waals surface area (Å²) >= 11 is 1.46. The third-order valence-corrected chi connectivity index (χ3v) is 6.64. The van der Waals surface area contributed by atoms with Gasteiger partial charge in [-0.2, -0.15) is 0 Å². The largest absolute Gasteiger partial charge is 0.340 e. The number of anilines is 2. The van der Waals surface area contributed by atoms with Crippen molar-refractivity contribution in [3.05, 3.63) is 34.8 Å². The molecule has 1 aromatic heterocycles. The lowest BCUT2D eigenvalue weighted by atomic mass is 9.94.